The van der Waals surface area contributed by atoms with Gasteiger partial charge in [0.15, 0.2) is 0 Å². The van der Waals surface area contributed by atoms with Gasteiger partial charge in [0.05, 0.1) is 24.7 Å². The van der Waals surface area contributed by atoms with Crippen LogP contribution in [0.4, 0.5) is 0 Å². The highest BCUT2D eigenvalue weighted by Gasteiger charge is 2.12. The van der Waals surface area contributed by atoms with Gasteiger partial charge in [-0.15, -0.1) is 0 Å². The van der Waals surface area contributed by atoms with Crippen molar-refractivity contribution in [2.75, 3.05) is 6.61 Å². The van der Waals surface area contributed by atoms with Crippen LogP contribution in [0.3, 0.4) is 0 Å². The van der Waals surface area contributed by atoms with E-state index in [2.05, 4.69) is 15.0 Å². The molecule has 0 bridgehead atoms. The van der Waals surface area contributed by atoms with Crippen molar-refractivity contribution in [2.45, 2.75) is 20.3 Å². The summed E-state index contributed by atoms with van der Waals surface area (Å²) < 4.78 is 5.45. The van der Waals surface area contributed by atoms with Crippen LogP contribution >= 0.6 is 0 Å². The third kappa shape index (κ3) is 3.34. The van der Waals surface area contributed by atoms with Crippen molar-refractivity contribution < 1.29 is 9.53 Å². The third-order valence-corrected chi connectivity index (χ3v) is 2.46. The molecule has 0 aliphatic heterocycles. The predicted molar refractivity (Wildman–Crippen MR) is 70.2 cm³/mol. The molecule has 0 amide bonds. The van der Waals surface area contributed by atoms with Gasteiger partial charge in [0.1, 0.15) is 11.4 Å². The number of pyridine rings is 1. The fraction of sp³-hybridized carbons (Fsp3) is 0.286. The maximum atomic E-state index is 12.2. The van der Waals surface area contributed by atoms with Crippen LogP contribution in [0.1, 0.15) is 35.1 Å². The summed E-state index contributed by atoms with van der Waals surface area (Å²) in [6, 6.07) is 1.67. The van der Waals surface area contributed by atoms with Gasteiger partial charge in [-0.2, -0.15) is 0 Å². The zero-order valence-electron chi connectivity index (χ0n) is 11.0. The maximum Gasteiger partial charge on any atom is 0.214 e. The highest BCUT2D eigenvalue weighted by atomic mass is 16.5. The van der Waals surface area contributed by atoms with Crippen LogP contribution in [-0.2, 0) is 0 Å². The molecule has 0 radical (unpaired) electrons. The summed E-state index contributed by atoms with van der Waals surface area (Å²) in [6.45, 7) is 4.44. The molecule has 0 aliphatic rings. The Morgan fingerprint density at radius 2 is 2.05 bits per heavy atom. The Labute approximate surface area is 111 Å². The molecule has 0 atom stereocenters. The van der Waals surface area contributed by atoms with Crippen LogP contribution in [0, 0.1) is 6.92 Å². The fourth-order valence-corrected chi connectivity index (χ4v) is 1.50. The number of nitrogens with zero attached hydrogens (tertiary/aromatic N) is 3. The van der Waals surface area contributed by atoms with E-state index in [1.54, 1.807) is 18.5 Å². The quantitative estimate of drug-likeness (QED) is 0.768. The molecule has 98 valence electrons. The fourth-order valence-electron chi connectivity index (χ4n) is 1.50. The summed E-state index contributed by atoms with van der Waals surface area (Å²) in [5.41, 5.74) is 1.53. The normalized spacial score (nSPS) is 10.2. The van der Waals surface area contributed by atoms with Crippen LogP contribution in [0.2, 0.25) is 0 Å². The lowest BCUT2D eigenvalue weighted by Gasteiger charge is -2.05. The highest BCUT2D eigenvalue weighted by Crippen LogP contribution is 2.14. The number of rotatable bonds is 5. The molecule has 2 rings (SSSR count). The first-order valence-electron chi connectivity index (χ1n) is 6.12. The van der Waals surface area contributed by atoms with Gasteiger partial charge in [-0.05, 0) is 19.4 Å². The lowest BCUT2D eigenvalue weighted by Crippen LogP contribution is -2.06. The van der Waals surface area contributed by atoms with E-state index in [0.717, 1.165) is 12.1 Å². The highest BCUT2D eigenvalue weighted by molar-refractivity contribution is 6.07. The standard InChI is InChI=1S/C14H15N3O2/c1-3-4-19-12-5-11(7-15-8-12)14(18)13-9-16-10(2)6-17-13/h5-9H,3-4H2,1-2H3. The van der Waals surface area contributed by atoms with Crippen molar-refractivity contribution in [3.63, 3.8) is 0 Å². The van der Waals surface area contributed by atoms with E-state index in [4.69, 9.17) is 4.74 Å². The monoisotopic (exact) mass is 257 g/mol. The second-order valence-electron chi connectivity index (χ2n) is 4.13. The predicted octanol–water partition coefficient (Wildman–Crippen LogP) is 2.20. The number of carbonyl (C=O) groups is 1. The largest absolute Gasteiger partial charge is 0.492 e. The van der Waals surface area contributed by atoms with Crippen molar-refractivity contribution in [2.24, 2.45) is 0 Å². The van der Waals surface area contributed by atoms with Crippen LogP contribution in [-0.4, -0.2) is 27.3 Å². The molecule has 0 aromatic carbocycles. The number of ketones is 1. The lowest BCUT2D eigenvalue weighted by atomic mass is 10.1. The number of carbonyl (C=O) groups excluding carboxylic acids is 1. The van der Waals surface area contributed by atoms with Crippen LogP contribution in [0.15, 0.2) is 30.9 Å². The van der Waals surface area contributed by atoms with Crippen molar-refractivity contribution in [3.05, 3.63) is 47.8 Å². The molecule has 0 fully saturated rings. The average molecular weight is 257 g/mol. The SMILES string of the molecule is CCCOc1cncc(C(=O)c2cnc(C)cn2)c1. The zero-order valence-corrected chi connectivity index (χ0v) is 11.0. The Bertz CT molecular complexity index is 567. The molecule has 2 aromatic heterocycles. The molecule has 0 saturated heterocycles. The van der Waals surface area contributed by atoms with Crippen molar-refractivity contribution in [1.29, 1.82) is 0 Å². The van der Waals surface area contributed by atoms with Gasteiger partial charge >= 0.3 is 0 Å². The van der Waals surface area contributed by atoms with Crippen molar-refractivity contribution in [3.8, 4) is 5.75 Å². The Morgan fingerprint density at radius 1 is 1.21 bits per heavy atom. The van der Waals surface area contributed by atoms with Gasteiger partial charge in [0.2, 0.25) is 5.78 Å². The second-order valence-corrected chi connectivity index (χ2v) is 4.13. The average Bonchev–Trinajstić information content (AvgIpc) is 2.45. The zero-order chi connectivity index (χ0) is 13.7. The summed E-state index contributed by atoms with van der Waals surface area (Å²) in [5.74, 6) is 0.384. The molecule has 0 spiro atoms. The molecule has 5 heteroatoms. The van der Waals surface area contributed by atoms with E-state index in [-0.39, 0.29) is 5.78 Å². The molecular formula is C14H15N3O2. The van der Waals surface area contributed by atoms with Crippen LogP contribution in [0.5, 0.6) is 5.75 Å². The number of aryl methyl sites for hydroxylation is 1. The van der Waals surface area contributed by atoms with Gasteiger partial charge in [-0.1, -0.05) is 6.92 Å². The van der Waals surface area contributed by atoms with Crippen LogP contribution < -0.4 is 4.74 Å². The summed E-state index contributed by atoms with van der Waals surface area (Å²) in [6.07, 6.45) is 7.03. The van der Waals surface area contributed by atoms with E-state index >= 15 is 0 Å². The molecule has 0 aliphatic carbocycles. The molecule has 5 nitrogen and oxygen atoms in total. The number of hydrogen-bond donors (Lipinski definition) is 0. The van der Waals surface area contributed by atoms with Gasteiger partial charge in [0, 0.05) is 18.0 Å². The molecule has 2 heterocycles. The topological polar surface area (TPSA) is 65.0 Å². The van der Waals surface area contributed by atoms with E-state index < -0.39 is 0 Å². The molecular weight excluding hydrogens is 242 g/mol. The van der Waals surface area contributed by atoms with Crippen molar-refractivity contribution in [1.82, 2.24) is 15.0 Å². The molecule has 19 heavy (non-hydrogen) atoms. The first-order chi connectivity index (χ1) is 9.20. The summed E-state index contributed by atoms with van der Waals surface area (Å²) in [4.78, 5) is 24.3. The van der Waals surface area contributed by atoms with E-state index in [1.165, 1.54) is 12.4 Å². The maximum absolute atomic E-state index is 12.2. The van der Waals surface area contributed by atoms with E-state index in [0.29, 0.717) is 23.6 Å². The number of ether oxygens (including phenoxy) is 1. The first-order valence-corrected chi connectivity index (χ1v) is 6.12. The Kier molecular flexibility index (Phi) is 4.18. The molecule has 2 aromatic rings. The van der Waals surface area contributed by atoms with E-state index in [1.807, 2.05) is 13.8 Å². The number of hydrogen-bond acceptors (Lipinski definition) is 5. The van der Waals surface area contributed by atoms with Gasteiger partial charge in [-0.3, -0.25) is 14.8 Å². The Morgan fingerprint density at radius 3 is 2.74 bits per heavy atom. The minimum Gasteiger partial charge on any atom is -0.492 e. The summed E-state index contributed by atoms with van der Waals surface area (Å²) in [5, 5.41) is 0. The first kappa shape index (κ1) is 13.1. The third-order valence-electron chi connectivity index (χ3n) is 2.46. The number of aromatic nitrogens is 3. The lowest BCUT2D eigenvalue weighted by molar-refractivity contribution is 0.103. The van der Waals surface area contributed by atoms with Gasteiger partial charge in [0.25, 0.3) is 0 Å². The van der Waals surface area contributed by atoms with Gasteiger partial charge < -0.3 is 4.74 Å². The Hall–Kier alpha value is -2.30. The smallest absolute Gasteiger partial charge is 0.214 e. The minimum absolute atomic E-state index is 0.207. The Balaban J connectivity index is 2.21. The summed E-state index contributed by atoms with van der Waals surface area (Å²) in [7, 11) is 0. The molecule has 0 unspecified atom stereocenters. The molecule has 0 N–H and O–H groups in total. The van der Waals surface area contributed by atoms with Crippen molar-refractivity contribution >= 4 is 5.78 Å². The second kappa shape index (κ2) is 6.04. The summed E-state index contributed by atoms with van der Waals surface area (Å²) >= 11 is 0. The van der Waals surface area contributed by atoms with E-state index in [9.17, 15) is 4.79 Å². The van der Waals surface area contributed by atoms with Gasteiger partial charge in [-0.25, -0.2) is 4.98 Å². The molecule has 0 saturated carbocycles. The van der Waals surface area contributed by atoms with Crippen LogP contribution in [0.25, 0.3) is 0 Å². The minimum atomic E-state index is -0.207.